The van der Waals surface area contributed by atoms with Crippen LogP contribution in [0.2, 0.25) is 0 Å². The second-order valence-electron chi connectivity index (χ2n) is 5.03. The topological polar surface area (TPSA) is 79.7 Å². The summed E-state index contributed by atoms with van der Waals surface area (Å²) in [5.74, 6) is -0.670. The lowest BCUT2D eigenvalue weighted by Crippen LogP contribution is -2.48. The van der Waals surface area contributed by atoms with Crippen LogP contribution in [0.4, 0.5) is 0 Å². The number of carboxylic acid groups (broad SMARTS) is 1. The van der Waals surface area contributed by atoms with Gasteiger partial charge in [-0.05, 0) is 26.0 Å². The maximum Gasteiger partial charge on any atom is 0.337 e. The predicted octanol–water partition coefficient (Wildman–Crippen LogP) is 1.51. The van der Waals surface area contributed by atoms with Crippen LogP contribution < -0.4 is 0 Å². The fraction of sp³-hybridized carbons (Fsp3) is 0.500. The molecule has 114 valence electrons. The molecule has 2 atom stereocenters. The van der Waals surface area contributed by atoms with Crippen molar-refractivity contribution in [2.75, 3.05) is 18.8 Å². The van der Waals surface area contributed by atoms with Crippen molar-refractivity contribution in [1.82, 2.24) is 9.88 Å². The zero-order chi connectivity index (χ0) is 15.4. The molecule has 1 aliphatic heterocycles. The first-order valence-corrected chi connectivity index (χ1v) is 7.69. The number of pyridine rings is 1. The van der Waals surface area contributed by atoms with E-state index in [2.05, 4.69) is 4.98 Å². The van der Waals surface area contributed by atoms with Crippen molar-refractivity contribution in [1.29, 1.82) is 0 Å². The summed E-state index contributed by atoms with van der Waals surface area (Å²) >= 11 is 1.31. The van der Waals surface area contributed by atoms with Crippen LogP contribution in [0.3, 0.4) is 0 Å². The number of aromatic carboxylic acids is 1. The van der Waals surface area contributed by atoms with Gasteiger partial charge >= 0.3 is 5.97 Å². The normalized spacial score (nSPS) is 22.1. The van der Waals surface area contributed by atoms with Crippen LogP contribution in [0.25, 0.3) is 0 Å². The standard InChI is InChI=1S/C14H18N2O4S/c1-9-6-16(7-10(2)20-9)13(17)8-21-12-4-3-11(5-15-12)14(18)19/h3-5,9-10H,6-8H2,1-2H3,(H,18,19). The Balaban J connectivity index is 1.87. The number of amides is 1. The summed E-state index contributed by atoms with van der Waals surface area (Å²) in [4.78, 5) is 28.7. The van der Waals surface area contributed by atoms with E-state index in [9.17, 15) is 9.59 Å². The maximum atomic E-state index is 12.2. The van der Waals surface area contributed by atoms with Gasteiger partial charge in [-0.3, -0.25) is 4.79 Å². The van der Waals surface area contributed by atoms with E-state index in [0.29, 0.717) is 23.9 Å². The summed E-state index contributed by atoms with van der Waals surface area (Å²) in [6, 6.07) is 3.10. The molecule has 0 aliphatic carbocycles. The van der Waals surface area contributed by atoms with Gasteiger partial charge in [0.1, 0.15) is 0 Å². The molecule has 1 saturated heterocycles. The molecule has 1 N–H and O–H groups in total. The second kappa shape index (κ2) is 6.91. The Bertz CT molecular complexity index is 510. The molecule has 2 rings (SSSR count). The van der Waals surface area contributed by atoms with Gasteiger partial charge in [0, 0.05) is 19.3 Å². The molecule has 0 radical (unpaired) electrons. The number of carbonyl (C=O) groups is 2. The molecule has 1 aromatic rings. The van der Waals surface area contributed by atoms with Gasteiger partial charge in [-0.15, -0.1) is 0 Å². The van der Waals surface area contributed by atoms with Gasteiger partial charge in [-0.2, -0.15) is 0 Å². The Morgan fingerprint density at radius 2 is 2.05 bits per heavy atom. The number of thioether (sulfide) groups is 1. The number of hydrogen-bond donors (Lipinski definition) is 1. The van der Waals surface area contributed by atoms with Crippen molar-refractivity contribution in [3.8, 4) is 0 Å². The second-order valence-corrected chi connectivity index (χ2v) is 6.03. The van der Waals surface area contributed by atoms with Crippen molar-refractivity contribution in [3.05, 3.63) is 23.9 Å². The summed E-state index contributed by atoms with van der Waals surface area (Å²) in [6.45, 7) is 5.12. The average Bonchev–Trinajstić information content (AvgIpc) is 2.44. The molecule has 1 amide bonds. The maximum absolute atomic E-state index is 12.2. The number of aromatic nitrogens is 1. The van der Waals surface area contributed by atoms with Crippen LogP contribution in [0.1, 0.15) is 24.2 Å². The quantitative estimate of drug-likeness (QED) is 0.849. The molecule has 1 aromatic heterocycles. The molecular formula is C14H18N2O4S. The first-order valence-electron chi connectivity index (χ1n) is 6.71. The zero-order valence-corrected chi connectivity index (χ0v) is 12.8. The highest BCUT2D eigenvalue weighted by Crippen LogP contribution is 2.18. The zero-order valence-electron chi connectivity index (χ0n) is 12.0. The van der Waals surface area contributed by atoms with Crippen LogP contribution in [0, 0.1) is 0 Å². The third kappa shape index (κ3) is 4.44. The van der Waals surface area contributed by atoms with Crippen molar-refractivity contribution in [2.45, 2.75) is 31.1 Å². The molecule has 21 heavy (non-hydrogen) atoms. The van der Waals surface area contributed by atoms with E-state index in [1.54, 1.807) is 11.0 Å². The minimum atomic E-state index is -1.01. The third-order valence-electron chi connectivity index (χ3n) is 3.10. The van der Waals surface area contributed by atoms with E-state index in [-0.39, 0.29) is 23.7 Å². The van der Waals surface area contributed by atoms with Crippen LogP contribution in [0.5, 0.6) is 0 Å². The van der Waals surface area contributed by atoms with E-state index in [0.717, 1.165) is 0 Å². The fourth-order valence-corrected chi connectivity index (χ4v) is 2.95. The monoisotopic (exact) mass is 310 g/mol. The highest BCUT2D eigenvalue weighted by atomic mass is 32.2. The van der Waals surface area contributed by atoms with E-state index in [4.69, 9.17) is 9.84 Å². The first kappa shape index (κ1) is 15.8. The lowest BCUT2D eigenvalue weighted by Gasteiger charge is -2.35. The van der Waals surface area contributed by atoms with Crippen LogP contribution in [-0.4, -0.2) is 57.9 Å². The Labute approximate surface area is 127 Å². The first-order chi connectivity index (χ1) is 9.95. The Kier molecular flexibility index (Phi) is 5.19. The van der Waals surface area contributed by atoms with Gasteiger partial charge in [-0.1, -0.05) is 11.8 Å². The number of ether oxygens (including phenoxy) is 1. The summed E-state index contributed by atoms with van der Waals surface area (Å²) < 4.78 is 5.60. The van der Waals surface area contributed by atoms with Crippen LogP contribution >= 0.6 is 11.8 Å². The van der Waals surface area contributed by atoms with E-state index < -0.39 is 5.97 Å². The third-order valence-corrected chi connectivity index (χ3v) is 4.03. The molecule has 0 aromatic carbocycles. The molecule has 0 bridgehead atoms. The Hall–Kier alpha value is -1.60. The largest absolute Gasteiger partial charge is 0.478 e. The SMILES string of the molecule is CC1CN(C(=O)CSc2ccc(C(=O)O)cn2)CC(C)O1. The lowest BCUT2D eigenvalue weighted by atomic mass is 10.2. The van der Waals surface area contributed by atoms with Crippen molar-refractivity contribution < 1.29 is 19.4 Å². The van der Waals surface area contributed by atoms with E-state index in [1.165, 1.54) is 24.0 Å². The highest BCUT2D eigenvalue weighted by molar-refractivity contribution is 7.99. The number of morpholine rings is 1. The number of hydrogen-bond acceptors (Lipinski definition) is 5. The Morgan fingerprint density at radius 3 is 2.57 bits per heavy atom. The molecular weight excluding hydrogens is 292 g/mol. The minimum Gasteiger partial charge on any atom is -0.478 e. The van der Waals surface area contributed by atoms with Crippen LogP contribution in [0.15, 0.2) is 23.4 Å². The summed E-state index contributed by atoms with van der Waals surface area (Å²) in [6.07, 6.45) is 1.40. The van der Waals surface area contributed by atoms with Gasteiger partial charge in [0.15, 0.2) is 0 Å². The van der Waals surface area contributed by atoms with Gasteiger partial charge in [0.25, 0.3) is 0 Å². The molecule has 6 nitrogen and oxygen atoms in total. The predicted molar refractivity (Wildman–Crippen MR) is 78.5 cm³/mol. The Morgan fingerprint density at radius 1 is 1.38 bits per heavy atom. The van der Waals surface area contributed by atoms with Crippen LogP contribution in [-0.2, 0) is 9.53 Å². The highest BCUT2D eigenvalue weighted by Gasteiger charge is 2.25. The molecule has 0 saturated carbocycles. The summed E-state index contributed by atoms with van der Waals surface area (Å²) in [5, 5.41) is 9.44. The van der Waals surface area contributed by atoms with Crippen molar-refractivity contribution >= 4 is 23.6 Å². The molecule has 0 spiro atoms. The lowest BCUT2D eigenvalue weighted by molar-refractivity contribution is -0.140. The van der Waals surface area contributed by atoms with Gasteiger partial charge in [0.05, 0.1) is 28.6 Å². The molecule has 7 heteroatoms. The number of carboxylic acids is 1. The number of nitrogens with zero attached hydrogens (tertiary/aromatic N) is 2. The smallest absolute Gasteiger partial charge is 0.337 e. The van der Waals surface area contributed by atoms with Crippen molar-refractivity contribution in [2.24, 2.45) is 0 Å². The molecule has 1 fully saturated rings. The van der Waals surface area contributed by atoms with Gasteiger partial charge in [-0.25, -0.2) is 9.78 Å². The van der Waals surface area contributed by atoms with E-state index >= 15 is 0 Å². The van der Waals surface area contributed by atoms with Gasteiger partial charge < -0.3 is 14.7 Å². The van der Waals surface area contributed by atoms with Crippen molar-refractivity contribution in [3.63, 3.8) is 0 Å². The minimum absolute atomic E-state index is 0.0473. The molecule has 2 heterocycles. The summed E-state index contributed by atoms with van der Waals surface area (Å²) in [7, 11) is 0. The fourth-order valence-electron chi connectivity index (χ4n) is 2.20. The molecule has 1 aliphatic rings. The van der Waals surface area contributed by atoms with Gasteiger partial charge in [0.2, 0.25) is 5.91 Å². The molecule has 2 unspecified atom stereocenters. The van der Waals surface area contributed by atoms with E-state index in [1.807, 2.05) is 13.8 Å². The summed E-state index contributed by atoms with van der Waals surface area (Å²) in [5.41, 5.74) is 0.140. The number of rotatable bonds is 4. The number of carbonyl (C=O) groups excluding carboxylic acids is 1. The average molecular weight is 310 g/mol.